The van der Waals surface area contributed by atoms with E-state index in [0.717, 1.165) is 25.9 Å². The normalized spacial score (nSPS) is 22.0. The number of benzene rings is 1. The highest BCUT2D eigenvalue weighted by Crippen LogP contribution is 2.20. The summed E-state index contributed by atoms with van der Waals surface area (Å²) in [5.41, 5.74) is 0.251. The predicted molar refractivity (Wildman–Crippen MR) is 87.5 cm³/mol. The molecule has 2 rings (SSSR count). The molecule has 1 saturated heterocycles. The third-order valence-electron chi connectivity index (χ3n) is 4.04. The first-order chi connectivity index (χ1) is 10.6. The molecular formula is C17H23ClFN2O+. The summed E-state index contributed by atoms with van der Waals surface area (Å²) in [5.74, 6) is -0.615. The molecule has 22 heavy (non-hydrogen) atoms. The van der Waals surface area contributed by atoms with Crippen molar-refractivity contribution in [3.05, 3.63) is 40.7 Å². The topological polar surface area (TPSA) is 33.5 Å². The van der Waals surface area contributed by atoms with E-state index in [1.165, 1.54) is 31.2 Å². The maximum atomic E-state index is 13.6. The van der Waals surface area contributed by atoms with Crippen molar-refractivity contribution in [2.24, 2.45) is 0 Å². The summed E-state index contributed by atoms with van der Waals surface area (Å²) in [6, 6.07) is 4.69. The Bertz CT molecular complexity index is 519. The van der Waals surface area contributed by atoms with Crippen LogP contribution in [0.25, 0.3) is 6.08 Å². The zero-order valence-electron chi connectivity index (χ0n) is 12.9. The minimum absolute atomic E-state index is 0.191. The molecule has 1 aliphatic heterocycles. The Kier molecular flexibility index (Phi) is 6.40. The molecule has 1 fully saturated rings. The summed E-state index contributed by atoms with van der Waals surface area (Å²) in [4.78, 5) is 13.6. The van der Waals surface area contributed by atoms with Crippen LogP contribution in [0.4, 0.5) is 4.39 Å². The number of piperidine rings is 1. The Morgan fingerprint density at radius 2 is 2.18 bits per heavy atom. The summed E-state index contributed by atoms with van der Waals surface area (Å²) in [6.45, 7) is 5.59. The monoisotopic (exact) mass is 325 g/mol. The van der Waals surface area contributed by atoms with Gasteiger partial charge in [0.05, 0.1) is 24.7 Å². The van der Waals surface area contributed by atoms with Gasteiger partial charge in [0.1, 0.15) is 5.82 Å². The van der Waals surface area contributed by atoms with E-state index in [9.17, 15) is 9.18 Å². The molecule has 0 bridgehead atoms. The SMILES string of the molecule is CCC[NH+]1CCC(NC(=O)/C=C/c2c(F)cccc2Cl)CC1. The van der Waals surface area contributed by atoms with Gasteiger partial charge in [-0.1, -0.05) is 24.6 Å². The first kappa shape index (κ1) is 17.0. The van der Waals surface area contributed by atoms with E-state index < -0.39 is 5.82 Å². The molecule has 0 radical (unpaired) electrons. The fraction of sp³-hybridized carbons (Fsp3) is 0.471. The number of carbonyl (C=O) groups is 1. The van der Waals surface area contributed by atoms with Gasteiger partial charge in [0.15, 0.2) is 0 Å². The maximum absolute atomic E-state index is 13.6. The summed E-state index contributed by atoms with van der Waals surface area (Å²) >= 11 is 5.92. The van der Waals surface area contributed by atoms with Crippen molar-refractivity contribution < 1.29 is 14.1 Å². The van der Waals surface area contributed by atoms with E-state index in [2.05, 4.69) is 12.2 Å². The zero-order valence-corrected chi connectivity index (χ0v) is 13.6. The van der Waals surface area contributed by atoms with Gasteiger partial charge in [0, 0.05) is 30.5 Å². The van der Waals surface area contributed by atoms with Crippen LogP contribution in [0.2, 0.25) is 5.02 Å². The average molecular weight is 326 g/mol. The van der Waals surface area contributed by atoms with Gasteiger partial charge < -0.3 is 10.2 Å². The lowest BCUT2D eigenvalue weighted by Crippen LogP contribution is -3.13. The third-order valence-corrected chi connectivity index (χ3v) is 4.37. The van der Waals surface area contributed by atoms with Gasteiger partial charge in [-0.15, -0.1) is 0 Å². The lowest BCUT2D eigenvalue weighted by Gasteiger charge is -2.29. The molecule has 0 spiro atoms. The van der Waals surface area contributed by atoms with Crippen molar-refractivity contribution in [1.29, 1.82) is 0 Å². The van der Waals surface area contributed by atoms with Crippen LogP contribution in [-0.4, -0.2) is 31.6 Å². The van der Waals surface area contributed by atoms with Crippen molar-refractivity contribution in [2.75, 3.05) is 19.6 Å². The second kappa shape index (κ2) is 8.30. The van der Waals surface area contributed by atoms with Crippen LogP contribution >= 0.6 is 11.6 Å². The molecule has 2 N–H and O–H groups in total. The van der Waals surface area contributed by atoms with E-state index >= 15 is 0 Å². The van der Waals surface area contributed by atoms with Gasteiger partial charge in [-0.3, -0.25) is 4.79 Å². The molecule has 0 unspecified atom stereocenters. The van der Waals surface area contributed by atoms with Crippen LogP contribution in [0, 0.1) is 5.82 Å². The smallest absolute Gasteiger partial charge is 0.244 e. The Labute approximate surface area is 136 Å². The molecule has 1 heterocycles. The lowest BCUT2D eigenvalue weighted by molar-refractivity contribution is -0.905. The van der Waals surface area contributed by atoms with Gasteiger partial charge >= 0.3 is 0 Å². The minimum atomic E-state index is -0.423. The van der Waals surface area contributed by atoms with Crippen molar-refractivity contribution >= 4 is 23.6 Å². The first-order valence-electron chi connectivity index (χ1n) is 7.86. The number of halogens is 2. The van der Waals surface area contributed by atoms with E-state index in [1.54, 1.807) is 17.0 Å². The summed E-state index contributed by atoms with van der Waals surface area (Å²) in [5, 5.41) is 3.29. The first-order valence-corrected chi connectivity index (χ1v) is 8.24. The number of likely N-dealkylation sites (tertiary alicyclic amines) is 1. The van der Waals surface area contributed by atoms with Crippen LogP contribution in [0.15, 0.2) is 24.3 Å². The summed E-state index contributed by atoms with van der Waals surface area (Å²) in [7, 11) is 0. The average Bonchev–Trinajstić information content (AvgIpc) is 2.49. The largest absolute Gasteiger partial charge is 0.349 e. The van der Waals surface area contributed by atoms with Gasteiger partial charge in [0.2, 0.25) is 5.91 Å². The van der Waals surface area contributed by atoms with Gasteiger partial charge in [-0.2, -0.15) is 0 Å². The van der Waals surface area contributed by atoms with Crippen molar-refractivity contribution in [3.63, 3.8) is 0 Å². The molecule has 0 atom stereocenters. The Morgan fingerprint density at radius 1 is 1.45 bits per heavy atom. The Morgan fingerprint density at radius 3 is 2.82 bits per heavy atom. The van der Waals surface area contributed by atoms with Gasteiger partial charge in [0.25, 0.3) is 0 Å². The van der Waals surface area contributed by atoms with Crippen molar-refractivity contribution in [1.82, 2.24) is 5.32 Å². The van der Waals surface area contributed by atoms with Crippen LogP contribution in [0.5, 0.6) is 0 Å². The van der Waals surface area contributed by atoms with Crippen LogP contribution in [0.3, 0.4) is 0 Å². The van der Waals surface area contributed by atoms with E-state index in [1.807, 2.05) is 0 Å². The number of quaternary nitrogens is 1. The summed E-state index contributed by atoms with van der Waals surface area (Å²) in [6.07, 6.45) is 5.98. The second-order valence-electron chi connectivity index (χ2n) is 5.75. The molecule has 3 nitrogen and oxygen atoms in total. The molecule has 1 aromatic carbocycles. The molecule has 1 aromatic rings. The fourth-order valence-corrected chi connectivity index (χ4v) is 3.08. The second-order valence-corrected chi connectivity index (χ2v) is 6.16. The number of hydrogen-bond donors (Lipinski definition) is 2. The highest BCUT2D eigenvalue weighted by molar-refractivity contribution is 6.32. The Balaban J connectivity index is 1.85. The van der Waals surface area contributed by atoms with Crippen molar-refractivity contribution in [2.45, 2.75) is 32.2 Å². The molecule has 120 valence electrons. The van der Waals surface area contributed by atoms with Crippen LogP contribution < -0.4 is 10.2 Å². The van der Waals surface area contributed by atoms with E-state index in [-0.39, 0.29) is 17.5 Å². The molecule has 5 heteroatoms. The number of amides is 1. The van der Waals surface area contributed by atoms with E-state index in [4.69, 9.17) is 11.6 Å². The van der Waals surface area contributed by atoms with Crippen LogP contribution in [-0.2, 0) is 4.79 Å². The van der Waals surface area contributed by atoms with E-state index in [0.29, 0.717) is 5.02 Å². The van der Waals surface area contributed by atoms with Crippen LogP contribution in [0.1, 0.15) is 31.7 Å². The van der Waals surface area contributed by atoms with Gasteiger partial charge in [-0.25, -0.2) is 4.39 Å². The number of rotatable bonds is 5. The highest BCUT2D eigenvalue weighted by atomic mass is 35.5. The quantitative estimate of drug-likeness (QED) is 0.798. The third kappa shape index (κ3) is 4.82. The zero-order chi connectivity index (χ0) is 15.9. The van der Waals surface area contributed by atoms with Gasteiger partial charge in [-0.05, 0) is 24.6 Å². The fourth-order valence-electron chi connectivity index (χ4n) is 2.85. The summed E-state index contributed by atoms with van der Waals surface area (Å²) < 4.78 is 13.6. The highest BCUT2D eigenvalue weighted by Gasteiger charge is 2.22. The maximum Gasteiger partial charge on any atom is 0.244 e. The number of nitrogens with one attached hydrogen (secondary N) is 2. The predicted octanol–water partition coefficient (Wildman–Crippen LogP) is 2.07. The molecule has 1 amide bonds. The molecule has 0 saturated carbocycles. The van der Waals surface area contributed by atoms with Crippen molar-refractivity contribution in [3.8, 4) is 0 Å². The lowest BCUT2D eigenvalue weighted by atomic mass is 10.0. The molecule has 0 aromatic heterocycles. The number of hydrogen-bond acceptors (Lipinski definition) is 1. The Hall–Kier alpha value is -1.39. The molecular weight excluding hydrogens is 303 g/mol. The minimum Gasteiger partial charge on any atom is -0.349 e. The number of carbonyl (C=O) groups excluding carboxylic acids is 1. The molecule has 1 aliphatic rings. The standard InChI is InChI=1S/C17H22ClFN2O/c1-2-10-21-11-8-13(9-12-21)20-17(22)7-6-14-15(18)4-3-5-16(14)19/h3-7,13H,2,8-12H2,1H3,(H,20,22)/p+1/b7-6+. The molecule has 0 aliphatic carbocycles.